The first-order chi connectivity index (χ1) is 16.4. The molecule has 0 aliphatic rings. The topological polar surface area (TPSA) is 89.2 Å². The van der Waals surface area contributed by atoms with Gasteiger partial charge >= 0.3 is 0 Å². The van der Waals surface area contributed by atoms with E-state index in [1.54, 1.807) is 12.1 Å². The summed E-state index contributed by atoms with van der Waals surface area (Å²) in [7, 11) is -3.92. The van der Waals surface area contributed by atoms with E-state index in [1.807, 2.05) is 73.7 Å². The predicted molar refractivity (Wildman–Crippen MR) is 133 cm³/mol. The van der Waals surface area contributed by atoms with Gasteiger partial charge in [-0.1, -0.05) is 73.7 Å². The minimum Gasteiger partial charge on any atom is -0.363 e. The normalized spacial score (nSPS) is 12.9. The number of nitrogens with zero attached hydrogens (tertiary/aromatic N) is 4. The van der Waals surface area contributed by atoms with Crippen LogP contribution in [-0.2, 0) is 9.84 Å². The third-order valence-corrected chi connectivity index (χ3v) is 7.65. The second-order valence-corrected chi connectivity index (χ2v) is 10.5. The Kier molecular flexibility index (Phi) is 5.53. The van der Waals surface area contributed by atoms with Gasteiger partial charge in [0.2, 0.25) is 14.9 Å². The van der Waals surface area contributed by atoms with Gasteiger partial charge in [0, 0.05) is 11.4 Å². The maximum atomic E-state index is 13.5. The van der Waals surface area contributed by atoms with Gasteiger partial charge in [-0.3, -0.25) is 0 Å². The van der Waals surface area contributed by atoms with Gasteiger partial charge in [-0.2, -0.15) is 4.52 Å². The number of para-hydroxylation sites is 1. The molecule has 0 spiro atoms. The molecule has 0 amide bonds. The van der Waals surface area contributed by atoms with Gasteiger partial charge in [-0.15, -0.1) is 5.10 Å². The largest absolute Gasteiger partial charge is 0.363 e. The van der Waals surface area contributed by atoms with E-state index in [-0.39, 0.29) is 21.6 Å². The predicted octanol–water partition coefficient (Wildman–Crippen LogP) is 5.41. The molecular weight excluding hydrogens is 446 g/mol. The molecule has 0 bridgehead atoms. The van der Waals surface area contributed by atoms with Crippen molar-refractivity contribution in [3.05, 3.63) is 90.0 Å². The smallest absolute Gasteiger partial charge is 0.229 e. The number of nitrogens with one attached hydrogen (secondary N) is 1. The summed E-state index contributed by atoms with van der Waals surface area (Å²) in [6.07, 6.45) is 0. The zero-order valence-electron chi connectivity index (χ0n) is 19.2. The summed E-state index contributed by atoms with van der Waals surface area (Å²) < 4.78 is 28.5. The zero-order valence-corrected chi connectivity index (χ0v) is 20.0. The number of sulfone groups is 1. The Morgan fingerprint density at radius 3 is 2.21 bits per heavy atom. The second-order valence-electron chi connectivity index (χ2n) is 8.61. The lowest BCUT2D eigenvalue weighted by Gasteiger charge is -2.17. The first-order valence-corrected chi connectivity index (χ1v) is 12.7. The molecule has 8 heteroatoms. The summed E-state index contributed by atoms with van der Waals surface area (Å²) in [6.45, 7) is 6.17. The zero-order chi connectivity index (χ0) is 23.9. The first-order valence-electron chi connectivity index (χ1n) is 11.2. The van der Waals surface area contributed by atoms with Crippen molar-refractivity contribution >= 4 is 32.2 Å². The van der Waals surface area contributed by atoms with Crippen LogP contribution in [0.1, 0.15) is 43.9 Å². The second kappa shape index (κ2) is 8.53. The van der Waals surface area contributed by atoms with Crippen molar-refractivity contribution in [2.24, 2.45) is 0 Å². The lowest BCUT2D eigenvalue weighted by Crippen LogP contribution is -2.10. The average molecular weight is 472 g/mol. The number of aromatic nitrogens is 4. The maximum absolute atomic E-state index is 13.5. The van der Waals surface area contributed by atoms with Crippen molar-refractivity contribution in [2.75, 3.05) is 5.32 Å². The highest BCUT2D eigenvalue weighted by molar-refractivity contribution is 7.91. The summed E-state index contributed by atoms with van der Waals surface area (Å²) in [5.74, 6) is 0.883. The monoisotopic (exact) mass is 471 g/mol. The van der Waals surface area contributed by atoms with E-state index >= 15 is 0 Å². The maximum Gasteiger partial charge on any atom is 0.229 e. The van der Waals surface area contributed by atoms with Crippen LogP contribution in [0.15, 0.2) is 88.8 Å². The van der Waals surface area contributed by atoms with Gasteiger partial charge in [0.15, 0.2) is 5.65 Å². The Balaban J connectivity index is 1.65. The molecule has 0 unspecified atom stereocenters. The van der Waals surface area contributed by atoms with Crippen LogP contribution in [0.2, 0.25) is 0 Å². The van der Waals surface area contributed by atoms with Gasteiger partial charge in [0.1, 0.15) is 5.82 Å². The molecule has 0 aliphatic carbocycles. The minimum absolute atomic E-state index is 0.0425. The van der Waals surface area contributed by atoms with Crippen molar-refractivity contribution in [1.82, 2.24) is 19.8 Å². The van der Waals surface area contributed by atoms with Gasteiger partial charge < -0.3 is 5.32 Å². The molecule has 1 N–H and O–H groups in total. The Morgan fingerprint density at radius 2 is 1.50 bits per heavy atom. The summed E-state index contributed by atoms with van der Waals surface area (Å²) in [5.41, 5.74) is 3.07. The molecule has 5 rings (SSSR count). The van der Waals surface area contributed by atoms with Crippen molar-refractivity contribution in [2.45, 2.75) is 42.7 Å². The molecule has 0 fully saturated rings. The summed E-state index contributed by atoms with van der Waals surface area (Å²) >= 11 is 0. The van der Waals surface area contributed by atoms with Gasteiger partial charge in [-0.25, -0.2) is 13.4 Å². The fraction of sp³-hybridized carbons (Fsp3) is 0.192. The van der Waals surface area contributed by atoms with Gasteiger partial charge in [-0.05, 0) is 48.2 Å². The van der Waals surface area contributed by atoms with Crippen LogP contribution in [0.25, 0.3) is 16.6 Å². The van der Waals surface area contributed by atoms with Crippen LogP contribution in [-0.4, -0.2) is 28.2 Å². The highest BCUT2D eigenvalue weighted by Gasteiger charge is 2.27. The highest BCUT2D eigenvalue weighted by atomic mass is 32.2. The molecule has 2 heterocycles. The molecule has 5 aromatic rings. The van der Waals surface area contributed by atoms with Gasteiger partial charge in [0.25, 0.3) is 0 Å². The number of hydrogen-bond donors (Lipinski definition) is 1. The molecule has 1 atom stereocenters. The molecule has 0 radical (unpaired) electrons. The van der Waals surface area contributed by atoms with E-state index in [2.05, 4.69) is 29.5 Å². The van der Waals surface area contributed by atoms with Gasteiger partial charge in [0.05, 0.1) is 10.4 Å². The Morgan fingerprint density at radius 1 is 0.824 bits per heavy atom. The molecular formula is C26H25N5O2S. The number of rotatable bonds is 6. The lowest BCUT2D eigenvalue weighted by molar-refractivity contribution is 0.592. The third-order valence-electron chi connectivity index (χ3n) is 5.99. The number of fused-ring (bicyclic) bond motifs is 3. The van der Waals surface area contributed by atoms with Crippen molar-refractivity contribution in [3.8, 4) is 0 Å². The minimum atomic E-state index is -3.92. The number of hydrogen-bond acceptors (Lipinski definition) is 6. The summed E-state index contributed by atoms with van der Waals surface area (Å²) in [5, 5.41) is 12.3. The van der Waals surface area contributed by atoms with Crippen molar-refractivity contribution in [1.29, 1.82) is 0 Å². The molecule has 0 aliphatic heterocycles. The Hall–Kier alpha value is -3.78. The van der Waals surface area contributed by atoms with E-state index in [1.165, 1.54) is 4.52 Å². The van der Waals surface area contributed by atoms with Crippen LogP contribution < -0.4 is 5.32 Å². The lowest BCUT2D eigenvalue weighted by atomic mass is 10.0. The third kappa shape index (κ3) is 3.80. The molecule has 172 valence electrons. The first kappa shape index (κ1) is 22.0. The van der Waals surface area contributed by atoms with E-state index < -0.39 is 9.84 Å². The molecule has 2 aromatic heterocycles. The molecule has 7 nitrogen and oxygen atoms in total. The standard InChI is InChI=1S/C26H25N5O2S/c1-17(2)19-13-15-21(16-14-19)34(32,33)26-25-28-24(27-18(3)20-9-5-4-6-10-20)22-11-7-8-12-23(22)31(25)30-29-26/h4-18H,1-3H3,(H,27,28)/t18-/m0/s1. The average Bonchev–Trinajstić information content (AvgIpc) is 3.30. The molecule has 3 aromatic carbocycles. The Labute approximate surface area is 198 Å². The highest BCUT2D eigenvalue weighted by Crippen LogP contribution is 2.30. The molecule has 0 saturated heterocycles. The molecule has 0 saturated carbocycles. The quantitative estimate of drug-likeness (QED) is 0.356. The van der Waals surface area contributed by atoms with E-state index in [0.717, 1.165) is 22.0 Å². The number of anilines is 1. The van der Waals surface area contributed by atoms with E-state index in [9.17, 15) is 8.42 Å². The van der Waals surface area contributed by atoms with E-state index in [0.29, 0.717) is 11.7 Å². The summed E-state index contributed by atoms with van der Waals surface area (Å²) in [4.78, 5) is 4.88. The fourth-order valence-electron chi connectivity index (χ4n) is 4.00. The van der Waals surface area contributed by atoms with Crippen molar-refractivity contribution < 1.29 is 8.42 Å². The van der Waals surface area contributed by atoms with Crippen LogP contribution in [0, 0.1) is 0 Å². The molecule has 34 heavy (non-hydrogen) atoms. The number of benzene rings is 3. The van der Waals surface area contributed by atoms with E-state index in [4.69, 9.17) is 4.98 Å². The summed E-state index contributed by atoms with van der Waals surface area (Å²) in [6, 6.07) is 24.5. The fourth-order valence-corrected chi connectivity index (χ4v) is 5.24. The van der Waals surface area contributed by atoms with Crippen LogP contribution in [0.5, 0.6) is 0 Å². The van der Waals surface area contributed by atoms with Crippen LogP contribution >= 0.6 is 0 Å². The SMILES string of the molecule is CC(C)c1ccc(S(=O)(=O)c2nnn3c2nc(N[C@@H](C)c2ccccc2)c2ccccc23)cc1. The van der Waals surface area contributed by atoms with Crippen molar-refractivity contribution in [3.63, 3.8) is 0 Å². The Bertz CT molecular complexity index is 1580. The van der Waals surface area contributed by atoms with Crippen LogP contribution in [0.4, 0.5) is 5.82 Å². The van der Waals surface area contributed by atoms with Crippen LogP contribution in [0.3, 0.4) is 0 Å².